The summed E-state index contributed by atoms with van der Waals surface area (Å²) < 4.78 is 4.59. The summed E-state index contributed by atoms with van der Waals surface area (Å²) in [7, 11) is 1.25. The molecule has 0 amide bonds. The van der Waals surface area contributed by atoms with Gasteiger partial charge in [0.25, 0.3) is 5.69 Å². The maximum atomic E-state index is 11.5. The van der Waals surface area contributed by atoms with Gasteiger partial charge in [0.1, 0.15) is 0 Å². The predicted molar refractivity (Wildman–Crippen MR) is 70.6 cm³/mol. The number of carbonyl (C=O) groups is 1. The average Bonchev–Trinajstić information content (AvgIpc) is 2.47. The van der Waals surface area contributed by atoms with Crippen LogP contribution >= 0.6 is 11.8 Å². The zero-order valence-electron chi connectivity index (χ0n) is 10.3. The van der Waals surface area contributed by atoms with Gasteiger partial charge in [-0.05, 0) is 30.0 Å². The van der Waals surface area contributed by atoms with E-state index < -0.39 is 10.9 Å². The molecule has 0 aliphatic carbocycles. The van der Waals surface area contributed by atoms with Crippen LogP contribution in [0.2, 0.25) is 0 Å². The maximum absolute atomic E-state index is 11.5. The lowest BCUT2D eigenvalue weighted by Gasteiger charge is -2.04. The van der Waals surface area contributed by atoms with Crippen molar-refractivity contribution in [2.75, 3.05) is 7.11 Å². The standard InChI is InChI=1S/C12H9N3O4S/c1-19-11(16)8-3-4-9(15(17)18)10(7-8)20-12-13-5-2-6-14-12/h2-7H,1H3. The van der Waals surface area contributed by atoms with Gasteiger partial charge >= 0.3 is 5.97 Å². The van der Waals surface area contributed by atoms with E-state index in [1.165, 1.54) is 37.7 Å². The summed E-state index contributed by atoms with van der Waals surface area (Å²) in [4.78, 5) is 30.2. The second-order valence-corrected chi connectivity index (χ2v) is 4.57. The van der Waals surface area contributed by atoms with E-state index in [0.717, 1.165) is 11.8 Å². The Labute approximate surface area is 118 Å². The van der Waals surface area contributed by atoms with Crippen molar-refractivity contribution in [3.63, 3.8) is 0 Å². The van der Waals surface area contributed by atoms with Crippen molar-refractivity contribution in [1.82, 2.24) is 9.97 Å². The topological polar surface area (TPSA) is 95.2 Å². The Hall–Kier alpha value is -2.48. The molecule has 0 unspecified atom stereocenters. The molecule has 0 aliphatic rings. The summed E-state index contributed by atoms with van der Waals surface area (Å²) in [5.41, 5.74) is 0.117. The lowest BCUT2D eigenvalue weighted by molar-refractivity contribution is -0.387. The number of rotatable bonds is 4. The first-order chi connectivity index (χ1) is 9.61. The third-order valence-corrected chi connectivity index (χ3v) is 3.26. The molecule has 0 spiro atoms. The Morgan fingerprint density at radius 1 is 1.35 bits per heavy atom. The van der Waals surface area contributed by atoms with Gasteiger partial charge in [0, 0.05) is 18.5 Å². The van der Waals surface area contributed by atoms with Gasteiger partial charge in [0.2, 0.25) is 0 Å². The largest absolute Gasteiger partial charge is 0.465 e. The minimum absolute atomic E-state index is 0.116. The van der Waals surface area contributed by atoms with Crippen LogP contribution in [-0.2, 0) is 4.74 Å². The highest BCUT2D eigenvalue weighted by Gasteiger charge is 2.18. The number of esters is 1. The molecule has 0 fully saturated rings. The van der Waals surface area contributed by atoms with Gasteiger partial charge in [-0.3, -0.25) is 10.1 Å². The molecule has 7 nitrogen and oxygen atoms in total. The number of methoxy groups -OCH3 is 1. The smallest absolute Gasteiger partial charge is 0.337 e. The summed E-state index contributed by atoms with van der Waals surface area (Å²) in [6.45, 7) is 0. The molecule has 1 aromatic heterocycles. The fraction of sp³-hybridized carbons (Fsp3) is 0.0833. The van der Waals surface area contributed by atoms with Gasteiger partial charge in [-0.1, -0.05) is 0 Å². The van der Waals surface area contributed by atoms with Crippen LogP contribution in [-0.4, -0.2) is 28.0 Å². The molecule has 20 heavy (non-hydrogen) atoms. The van der Waals surface area contributed by atoms with Gasteiger partial charge in [-0.25, -0.2) is 14.8 Å². The monoisotopic (exact) mass is 291 g/mol. The first-order valence-electron chi connectivity index (χ1n) is 5.43. The number of aromatic nitrogens is 2. The van der Waals surface area contributed by atoms with Crippen LogP contribution in [0.3, 0.4) is 0 Å². The van der Waals surface area contributed by atoms with Crippen molar-refractivity contribution in [2.45, 2.75) is 10.1 Å². The molecule has 1 aromatic carbocycles. The Balaban J connectivity index is 2.42. The first-order valence-corrected chi connectivity index (χ1v) is 6.25. The zero-order valence-corrected chi connectivity index (χ0v) is 11.2. The zero-order chi connectivity index (χ0) is 14.5. The molecule has 0 radical (unpaired) electrons. The number of nitro benzene ring substituents is 1. The van der Waals surface area contributed by atoms with Crippen LogP contribution in [0.5, 0.6) is 0 Å². The predicted octanol–water partition coefficient (Wildman–Crippen LogP) is 2.32. The van der Waals surface area contributed by atoms with E-state index in [9.17, 15) is 14.9 Å². The Morgan fingerprint density at radius 2 is 2.05 bits per heavy atom. The van der Waals surface area contributed by atoms with E-state index in [2.05, 4.69) is 14.7 Å². The molecule has 8 heteroatoms. The van der Waals surface area contributed by atoms with Crippen LogP contribution < -0.4 is 0 Å². The minimum atomic E-state index is -0.560. The fourth-order valence-electron chi connectivity index (χ4n) is 1.43. The summed E-state index contributed by atoms with van der Waals surface area (Å²) in [5.74, 6) is -0.560. The van der Waals surface area contributed by atoms with E-state index in [1.807, 2.05) is 0 Å². The van der Waals surface area contributed by atoms with Crippen LogP contribution in [0.15, 0.2) is 46.7 Å². The molecular formula is C12H9N3O4S. The van der Waals surface area contributed by atoms with E-state index >= 15 is 0 Å². The molecule has 102 valence electrons. The van der Waals surface area contributed by atoms with Gasteiger partial charge < -0.3 is 4.74 Å². The lowest BCUT2D eigenvalue weighted by Crippen LogP contribution is -2.02. The summed E-state index contributed by atoms with van der Waals surface area (Å²) in [6.07, 6.45) is 3.07. The van der Waals surface area contributed by atoms with Crippen LogP contribution in [0.1, 0.15) is 10.4 Å². The number of carbonyl (C=O) groups excluding carboxylic acids is 1. The molecule has 0 bridgehead atoms. The number of hydrogen-bond donors (Lipinski definition) is 0. The van der Waals surface area contributed by atoms with Crippen molar-refractivity contribution in [3.8, 4) is 0 Å². The number of ether oxygens (including phenoxy) is 1. The highest BCUT2D eigenvalue weighted by molar-refractivity contribution is 7.99. The first kappa shape index (κ1) is 13.9. The normalized spacial score (nSPS) is 10.1. The number of hydrogen-bond acceptors (Lipinski definition) is 7. The highest BCUT2D eigenvalue weighted by Crippen LogP contribution is 2.33. The number of nitro groups is 1. The summed E-state index contributed by atoms with van der Waals surface area (Å²) >= 11 is 1.01. The molecule has 2 rings (SSSR count). The molecule has 0 atom stereocenters. The minimum Gasteiger partial charge on any atom is -0.465 e. The molecule has 0 saturated carbocycles. The van der Waals surface area contributed by atoms with Crippen molar-refractivity contribution in [2.24, 2.45) is 0 Å². The molecule has 0 N–H and O–H groups in total. The number of nitrogens with zero attached hydrogens (tertiary/aromatic N) is 3. The third-order valence-electron chi connectivity index (χ3n) is 2.32. The summed E-state index contributed by atoms with van der Waals surface area (Å²) in [6, 6.07) is 5.64. The van der Waals surface area contributed by atoms with E-state index in [-0.39, 0.29) is 16.1 Å². The average molecular weight is 291 g/mol. The SMILES string of the molecule is COC(=O)c1ccc([N+](=O)[O-])c(Sc2ncccn2)c1. The molecule has 1 heterocycles. The Kier molecular flexibility index (Phi) is 4.26. The van der Waals surface area contributed by atoms with Crippen molar-refractivity contribution >= 4 is 23.4 Å². The maximum Gasteiger partial charge on any atom is 0.337 e. The Morgan fingerprint density at radius 3 is 2.65 bits per heavy atom. The summed E-state index contributed by atoms with van der Waals surface area (Å²) in [5, 5.41) is 11.4. The van der Waals surface area contributed by atoms with Gasteiger partial charge in [-0.2, -0.15) is 0 Å². The third kappa shape index (κ3) is 3.09. The lowest BCUT2D eigenvalue weighted by atomic mass is 10.2. The quantitative estimate of drug-likeness (QED) is 0.369. The van der Waals surface area contributed by atoms with Crippen molar-refractivity contribution in [1.29, 1.82) is 0 Å². The van der Waals surface area contributed by atoms with Crippen molar-refractivity contribution < 1.29 is 14.5 Å². The number of benzene rings is 1. The van der Waals surface area contributed by atoms with E-state index in [1.54, 1.807) is 6.07 Å². The molecule has 2 aromatic rings. The fourth-order valence-corrected chi connectivity index (χ4v) is 2.28. The molecular weight excluding hydrogens is 282 g/mol. The van der Waals surface area contributed by atoms with Crippen LogP contribution in [0.25, 0.3) is 0 Å². The van der Waals surface area contributed by atoms with Crippen LogP contribution in [0.4, 0.5) is 5.69 Å². The van der Waals surface area contributed by atoms with Gasteiger partial charge in [0.15, 0.2) is 5.16 Å². The van der Waals surface area contributed by atoms with E-state index in [4.69, 9.17) is 0 Å². The molecule has 0 saturated heterocycles. The highest BCUT2D eigenvalue weighted by atomic mass is 32.2. The van der Waals surface area contributed by atoms with Crippen LogP contribution in [0, 0.1) is 10.1 Å². The van der Waals surface area contributed by atoms with E-state index in [0.29, 0.717) is 5.16 Å². The van der Waals surface area contributed by atoms with Gasteiger partial charge in [-0.15, -0.1) is 0 Å². The second-order valence-electron chi connectivity index (χ2n) is 3.56. The van der Waals surface area contributed by atoms with Gasteiger partial charge in [0.05, 0.1) is 22.5 Å². The Bertz CT molecular complexity index is 648. The molecule has 0 aliphatic heterocycles. The van der Waals surface area contributed by atoms with Crippen molar-refractivity contribution in [3.05, 3.63) is 52.3 Å². The second kappa shape index (κ2) is 6.11.